The molecule has 0 N–H and O–H groups in total. The fourth-order valence-corrected chi connectivity index (χ4v) is 6.71. The van der Waals surface area contributed by atoms with Crippen molar-refractivity contribution in [2.75, 3.05) is 0 Å². The molecule has 2 aromatic carbocycles. The van der Waals surface area contributed by atoms with Gasteiger partial charge in [0.1, 0.15) is 5.56 Å². The van der Waals surface area contributed by atoms with Gasteiger partial charge in [-0.3, -0.25) is 19.2 Å². The van der Waals surface area contributed by atoms with Crippen LogP contribution < -0.4 is 0 Å². The minimum atomic E-state index is -2.53. The molecule has 0 amide bonds. The number of halogens is 10. The highest BCUT2D eigenvalue weighted by Gasteiger charge is 2.45. The maximum Gasteiger partial charge on any atom is 0.234 e. The molecule has 1 aliphatic carbocycles. The van der Waals surface area contributed by atoms with Crippen LogP contribution in [-0.2, 0) is 4.79 Å². The van der Waals surface area contributed by atoms with E-state index in [1.165, 1.54) is 0 Å². The minimum absolute atomic E-state index is 0.219. The maximum atomic E-state index is 14.2. The smallest absolute Gasteiger partial charge is 0.234 e. The Bertz CT molecular complexity index is 1730. The van der Waals surface area contributed by atoms with Gasteiger partial charge in [-0.2, -0.15) is 0 Å². The lowest BCUT2D eigenvalue weighted by molar-refractivity contribution is -0.111. The zero-order chi connectivity index (χ0) is 29.5. The molecular formula is C24H4F10O4S2. The molecule has 2 aliphatic rings. The lowest BCUT2D eigenvalue weighted by Gasteiger charge is -2.12. The number of allylic oxidation sites excluding steroid dienone is 1. The normalized spacial score (nSPS) is 16.5. The van der Waals surface area contributed by atoms with Crippen LogP contribution in [0.25, 0.3) is 4.91 Å². The van der Waals surface area contributed by atoms with Crippen LogP contribution >= 0.6 is 23.1 Å². The Hall–Kier alpha value is -3.79. The summed E-state index contributed by atoms with van der Waals surface area (Å²) in [6, 6.07) is 0.657. The SMILES string of the molecule is O=C1C(=O)c2cc(C(=O)c3c(F)c(F)c(F)c(F)c3F)sc2C2=C1CC(C(=O)c1c(F)c(F)c(F)c(F)c1F)S2. The summed E-state index contributed by atoms with van der Waals surface area (Å²) >= 11 is 0.654. The van der Waals surface area contributed by atoms with Crippen molar-refractivity contribution in [2.24, 2.45) is 0 Å². The second-order valence-electron chi connectivity index (χ2n) is 8.21. The largest absolute Gasteiger partial charge is 0.293 e. The van der Waals surface area contributed by atoms with Gasteiger partial charge in [-0.25, -0.2) is 43.9 Å². The molecule has 0 saturated heterocycles. The number of thiophene rings is 1. The van der Waals surface area contributed by atoms with E-state index in [2.05, 4.69) is 0 Å². The van der Waals surface area contributed by atoms with Gasteiger partial charge in [-0.1, -0.05) is 0 Å². The molecule has 1 aromatic heterocycles. The third-order valence-corrected chi connectivity index (χ3v) is 8.63. The standard InChI is InChI=1S/C24H4F10O4S2/c25-9-7(10(26)14(30)17(33)13(9)29)21(37)5-1-3-19(35)20(36)4-2-6(40-24(4)23(3)39-5)22(38)8-11(27)15(31)18(34)16(32)12(8)28/h1,6H,2H2. The zero-order valence-corrected chi connectivity index (χ0v) is 20.2. The average Bonchev–Trinajstić information content (AvgIpc) is 3.57. The highest BCUT2D eigenvalue weighted by molar-refractivity contribution is 8.10. The number of hydrogen-bond donors (Lipinski definition) is 0. The summed E-state index contributed by atoms with van der Waals surface area (Å²) in [5.74, 6) is -30.4. The van der Waals surface area contributed by atoms with Crippen molar-refractivity contribution in [1.82, 2.24) is 0 Å². The van der Waals surface area contributed by atoms with Crippen LogP contribution in [0.2, 0.25) is 0 Å². The lowest BCUT2D eigenvalue weighted by atomic mass is 9.91. The highest BCUT2D eigenvalue weighted by atomic mass is 32.2. The molecule has 1 aliphatic heterocycles. The second-order valence-corrected chi connectivity index (χ2v) is 10.5. The molecule has 0 radical (unpaired) electrons. The summed E-state index contributed by atoms with van der Waals surface area (Å²) in [4.78, 5) is 49.6. The number of fused-ring (bicyclic) bond motifs is 2. The third-order valence-electron chi connectivity index (χ3n) is 6.00. The topological polar surface area (TPSA) is 68.3 Å². The van der Waals surface area contributed by atoms with Gasteiger partial charge in [0.25, 0.3) is 0 Å². The Kier molecular flexibility index (Phi) is 6.52. The van der Waals surface area contributed by atoms with E-state index in [9.17, 15) is 63.1 Å². The van der Waals surface area contributed by atoms with Crippen molar-refractivity contribution in [3.63, 3.8) is 0 Å². The summed E-state index contributed by atoms with van der Waals surface area (Å²) in [5.41, 5.74) is -4.60. The summed E-state index contributed by atoms with van der Waals surface area (Å²) in [6.45, 7) is 0. The number of hydrogen-bond acceptors (Lipinski definition) is 6. The van der Waals surface area contributed by atoms with Crippen molar-refractivity contribution >= 4 is 51.1 Å². The molecule has 2 heterocycles. The quantitative estimate of drug-likeness (QED) is 0.115. The fraction of sp³-hybridized carbons (Fsp3) is 0.0833. The molecular weight excluding hydrogens is 606 g/mol. The predicted octanol–water partition coefficient (Wildman–Crippen LogP) is 6.24. The van der Waals surface area contributed by atoms with Crippen molar-refractivity contribution in [3.05, 3.63) is 96.3 Å². The number of rotatable bonds is 4. The number of benzene rings is 2. The number of ketones is 4. The zero-order valence-electron chi connectivity index (χ0n) is 18.6. The molecule has 0 fully saturated rings. The van der Waals surface area contributed by atoms with E-state index in [-0.39, 0.29) is 21.1 Å². The number of carbonyl (C=O) groups is 4. The van der Waals surface area contributed by atoms with E-state index in [0.717, 1.165) is 0 Å². The first-order valence-electron chi connectivity index (χ1n) is 10.4. The molecule has 1 atom stereocenters. The van der Waals surface area contributed by atoms with E-state index in [1.54, 1.807) is 0 Å². The van der Waals surface area contributed by atoms with Crippen LogP contribution in [0.5, 0.6) is 0 Å². The van der Waals surface area contributed by atoms with Crippen LogP contribution in [0.1, 0.15) is 47.2 Å². The summed E-state index contributed by atoms with van der Waals surface area (Å²) in [6.07, 6.45) is -0.707. The van der Waals surface area contributed by atoms with E-state index >= 15 is 0 Å². The third kappa shape index (κ3) is 3.76. The Labute approximate surface area is 222 Å². The predicted molar refractivity (Wildman–Crippen MR) is 117 cm³/mol. The van der Waals surface area contributed by atoms with Crippen LogP contribution in [0.15, 0.2) is 11.6 Å². The minimum Gasteiger partial charge on any atom is -0.293 e. The molecule has 5 rings (SSSR count). The molecule has 3 aromatic rings. The van der Waals surface area contributed by atoms with Gasteiger partial charge in [-0.15, -0.1) is 23.1 Å². The first-order valence-corrected chi connectivity index (χ1v) is 12.1. The molecule has 4 nitrogen and oxygen atoms in total. The van der Waals surface area contributed by atoms with Crippen LogP contribution in [0.3, 0.4) is 0 Å². The fourth-order valence-electron chi connectivity index (χ4n) is 4.08. The molecule has 0 spiro atoms. The van der Waals surface area contributed by atoms with Gasteiger partial charge in [0.2, 0.25) is 29.0 Å². The Morgan fingerprint density at radius 3 is 1.60 bits per heavy atom. The van der Waals surface area contributed by atoms with Crippen molar-refractivity contribution in [1.29, 1.82) is 0 Å². The Balaban J connectivity index is 1.55. The van der Waals surface area contributed by atoms with E-state index in [1.807, 2.05) is 0 Å². The van der Waals surface area contributed by atoms with Crippen LogP contribution in [-0.4, -0.2) is 28.4 Å². The van der Waals surface area contributed by atoms with Crippen molar-refractivity contribution < 1.29 is 63.1 Å². The Morgan fingerprint density at radius 1 is 0.650 bits per heavy atom. The second kappa shape index (κ2) is 9.40. The lowest BCUT2D eigenvalue weighted by Crippen LogP contribution is -2.23. The molecule has 206 valence electrons. The number of carbonyl (C=O) groups excluding carboxylic acids is 4. The van der Waals surface area contributed by atoms with Crippen LogP contribution in [0, 0.1) is 58.2 Å². The first-order chi connectivity index (χ1) is 18.7. The van der Waals surface area contributed by atoms with Crippen LogP contribution in [0.4, 0.5) is 43.9 Å². The van der Waals surface area contributed by atoms with Gasteiger partial charge < -0.3 is 0 Å². The monoisotopic (exact) mass is 610 g/mol. The summed E-state index contributed by atoms with van der Waals surface area (Å²) < 4.78 is 138. The molecule has 16 heteroatoms. The summed E-state index contributed by atoms with van der Waals surface area (Å²) in [7, 11) is 0. The molecule has 0 bridgehead atoms. The van der Waals surface area contributed by atoms with E-state index in [4.69, 9.17) is 0 Å². The van der Waals surface area contributed by atoms with Gasteiger partial charge in [-0.05, 0) is 12.5 Å². The number of thioether (sulfide) groups is 1. The first kappa shape index (κ1) is 27.8. The van der Waals surface area contributed by atoms with Gasteiger partial charge >= 0.3 is 0 Å². The maximum absolute atomic E-state index is 14.2. The van der Waals surface area contributed by atoms with E-state index in [0.29, 0.717) is 17.8 Å². The van der Waals surface area contributed by atoms with E-state index < -0.39 is 120 Å². The van der Waals surface area contributed by atoms with Crippen molar-refractivity contribution in [2.45, 2.75) is 11.7 Å². The number of Topliss-reactive ketones (excluding diaryl/α,β-unsaturated/α-hetero) is 3. The molecule has 1 unspecified atom stereocenters. The summed E-state index contributed by atoms with van der Waals surface area (Å²) in [5, 5.41) is -1.68. The van der Waals surface area contributed by atoms with Gasteiger partial charge in [0, 0.05) is 16.0 Å². The van der Waals surface area contributed by atoms with Gasteiger partial charge in [0.15, 0.2) is 52.3 Å². The van der Waals surface area contributed by atoms with Gasteiger partial charge in [0.05, 0.1) is 20.6 Å². The Morgan fingerprint density at radius 2 is 1.10 bits per heavy atom. The highest BCUT2D eigenvalue weighted by Crippen LogP contribution is 2.51. The van der Waals surface area contributed by atoms with Crippen molar-refractivity contribution in [3.8, 4) is 0 Å². The molecule has 0 saturated carbocycles. The molecule has 40 heavy (non-hydrogen) atoms. The average molecular weight is 610 g/mol.